The molecule has 0 atom stereocenters. The molecule has 1 aliphatic rings. The molecular formula is C13H19N5O. The number of H-pyrrole nitrogens is 1. The van der Waals surface area contributed by atoms with Crippen LogP contribution in [0, 0.1) is 0 Å². The van der Waals surface area contributed by atoms with E-state index in [1.165, 1.54) is 17.7 Å². The molecule has 1 N–H and O–H groups in total. The molecule has 102 valence electrons. The van der Waals surface area contributed by atoms with Gasteiger partial charge in [0.2, 0.25) is 0 Å². The number of nitrogens with zero attached hydrogens (tertiary/aromatic N) is 4. The summed E-state index contributed by atoms with van der Waals surface area (Å²) in [5.41, 5.74) is 3.56. The molecular weight excluding hydrogens is 242 g/mol. The molecule has 19 heavy (non-hydrogen) atoms. The highest BCUT2D eigenvalue weighted by Crippen LogP contribution is 2.29. The van der Waals surface area contributed by atoms with Gasteiger partial charge in [-0.15, -0.1) is 0 Å². The van der Waals surface area contributed by atoms with Gasteiger partial charge in [-0.05, 0) is 26.2 Å². The Hall–Kier alpha value is -1.69. The first-order chi connectivity index (χ1) is 9.33. The van der Waals surface area contributed by atoms with Crippen LogP contribution >= 0.6 is 0 Å². The monoisotopic (exact) mass is 261 g/mol. The van der Waals surface area contributed by atoms with E-state index in [2.05, 4.69) is 27.2 Å². The smallest absolute Gasteiger partial charge is 0.179 e. The molecule has 1 aliphatic carbocycles. The number of aromatic nitrogens is 5. The van der Waals surface area contributed by atoms with Crippen molar-refractivity contribution in [2.75, 3.05) is 13.7 Å². The van der Waals surface area contributed by atoms with E-state index in [1.54, 1.807) is 7.11 Å². The van der Waals surface area contributed by atoms with Crippen molar-refractivity contribution in [2.24, 2.45) is 0 Å². The Kier molecular flexibility index (Phi) is 3.33. The standard InChI is InChI=1S/C13H19N5O/c1-3-18-13(14-11(17-18)7-8-19-2)12-9-5-4-6-10(9)15-16-12/h3-8H2,1-2H3,(H,15,16). The molecule has 0 aromatic carbocycles. The van der Waals surface area contributed by atoms with Gasteiger partial charge in [0, 0.05) is 31.3 Å². The van der Waals surface area contributed by atoms with Gasteiger partial charge in [0.1, 0.15) is 5.69 Å². The summed E-state index contributed by atoms with van der Waals surface area (Å²) in [4.78, 5) is 4.63. The number of hydrogen-bond acceptors (Lipinski definition) is 4. The van der Waals surface area contributed by atoms with Crippen molar-refractivity contribution < 1.29 is 4.74 Å². The molecule has 3 rings (SSSR count). The van der Waals surface area contributed by atoms with Crippen molar-refractivity contribution in [1.82, 2.24) is 25.0 Å². The molecule has 2 aromatic heterocycles. The molecule has 0 aliphatic heterocycles. The van der Waals surface area contributed by atoms with Gasteiger partial charge in [0.25, 0.3) is 0 Å². The third kappa shape index (κ3) is 2.16. The van der Waals surface area contributed by atoms with Gasteiger partial charge in [0.15, 0.2) is 11.6 Å². The lowest BCUT2D eigenvalue weighted by Gasteiger charge is -2.00. The second kappa shape index (κ2) is 5.13. The fourth-order valence-corrected chi connectivity index (χ4v) is 2.59. The molecule has 0 fully saturated rings. The van der Waals surface area contributed by atoms with E-state index in [0.717, 1.165) is 43.1 Å². The van der Waals surface area contributed by atoms with Crippen molar-refractivity contribution in [3.63, 3.8) is 0 Å². The van der Waals surface area contributed by atoms with E-state index in [-0.39, 0.29) is 0 Å². The van der Waals surface area contributed by atoms with Gasteiger partial charge < -0.3 is 4.74 Å². The molecule has 2 heterocycles. The first-order valence-electron chi connectivity index (χ1n) is 6.82. The molecule has 0 bridgehead atoms. The first-order valence-corrected chi connectivity index (χ1v) is 6.82. The Balaban J connectivity index is 1.96. The van der Waals surface area contributed by atoms with Crippen LogP contribution in [0.5, 0.6) is 0 Å². The minimum atomic E-state index is 0.645. The number of ether oxygens (including phenoxy) is 1. The fraction of sp³-hybridized carbons (Fsp3) is 0.615. The molecule has 0 saturated carbocycles. The van der Waals surface area contributed by atoms with Gasteiger partial charge in [-0.2, -0.15) is 10.2 Å². The maximum Gasteiger partial charge on any atom is 0.179 e. The number of aryl methyl sites for hydroxylation is 2. The normalized spacial score (nSPS) is 14.0. The maximum atomic E-state index is 5.08. The molecule has 6 heteroatoms. The van der Waals surface area contributed by atoms with Crippen molar-refractivity contribution in [2.45, 2.75) is 39.2 Å². The lowest BCUT2D eigenvalue weighted by atomic mass is 10.2. The largest absolute Gasteiger partial charge is 0.384 e. The number of methoxy groups -OCH3 is 1. The predicted molar refractivity (Wildman–Crippen MR) is 70.9 cm³/mol. The van der Waals surface area contributed by atoms with Gasteiger partial charge in [-0.25, -0.2) is 9.67 Å². The van der Waals surface area contributed by atoms with Crippen LogP contribution in [-0.4, -0.2) is 38.7 Å². The van der Waals surface area contributed by atoms with Crippen molar-refractivity contribution in [3.05, 3.63) is 17.1 Å². The molecule has 6 nitrogen and oxygen atoms in total. The highest BCUT2D eigenvalue weighted by atomic mass is 16.5. The van der Waals surface area contributed by atoms with Crippen molar-refractivity contribution in [3.8, 4) is 11.5 Å². The van der Waals surface area contributed by atoms with Crippen LogP contribution in [0.2, 0.25) is 0 Å². The van der Waals surface area contributed by atoms with Gasteiger partial charge in [-0.3, -0.25) is 5.10 Å². The molecule has 0 unspecified atom stereocenters. The summed E-state index contributed by atoms with van der Waals surface area (Å²) in [5, 5.41) is 12.1. The fourth-order valence-electron chi connectivity index (χ4n) is 2.59. The Bertz CT molecular complexity index is 572. The maximum absolute atomic E-state index is 5.08. The zero-order chi connectivity index (χ0) is 13.2. The molecule has 0 spiro atoms. The third-order valence-electron chi connectivity index (χ3n) is 3.56. The number of nitrogens with one attached hydrogen (secondary N) is 1. The summed E-state index contributed by atoms with van der Waals surface area (Å²) in [7, 11) is 1.69. The van der Waals surface area contributed by atoms with Crippen LogP contribution in [0.1, 0.15) is 30.4 Å². The Labute approximate surface area is 112 Å². The van der Waals surface area contributed by atoms with Crippen LogP contribution in [0.4, 0.5) is 0 Å². The minimum Gasteiger partial charge on any atom is -0.384 e. The van der Waals surface area contributed by atoms with E-state index >= 15 is 0 Å². The molecule has 2 aromatic rings. The minimum absolute atomic E-state index is 0.645. The average Bonchev–Trinajstić information content (AvgIpc) is 3.10. The summed E-state index contributed by atoms with van der Waals surface area (Å²) in [6.07, 6.45) is 4.13. The number of rotatable bonds is 5. The number of fused-ring (bicyclic) bond motifs is 1. The van der Waals surface area contributed by atoms with E-state index in [9.17, 15) is 0 Å². The topological polar surface area (TPSA) is 68.6 Å². The van der Waals surface area contributed by atoms with Crippen LogP contribution in [0.15, 0.2) is 0 Å². The van der Waals surface area contributed by atoms with Crippen LogP contribution in [-0.2, 0) is 30.5 Å². The Morgan fingerprint density at radius 3 is 3.05 bits per heavy atom. The van der Waals surface area contributed by atoms with E-state index < -0.39 is 0 Å². The third-order valence-corrected chi connectivity index (χ3v) is 3.56. The summed E-state index contributed by atoms with van der Waals surface area (Å²) in [6, 6.07) is 0. The Morgan fingerprint density at radius 1 is 1.37 bits per heavy atom. The van der Waals surface area contributed by atoms with E-state index in [0.29, 0.717) is 6.61 Å². The van der Waals surface area contributed by atoms with Gasteiger partial charge in [0.05, 0.1) is 6.61 Å². The van der Waals surface area contributed by atoms with Gasteiger partial charge in [-0.1, -0.05) is 0 Å². The first kappa shape index (κ1) is 12.3. The second-order valence-corrected chi connectivity index (χ2v) is 4.79. The highest BCUT2D eigenvalue weighted by Gasteiger charge is 2.23. The summed E-state index contributed by atoms with van der Waals surface area (Å²) >= 11 is 0. The average molecular weight is 261 g/mol. The predicted octanol–water partition coefficient (Wildman–Crippen LogP) is 1.37. The summed E-state index contributed by atoms with van der Waals surface area (Å²) < 4.78 is 7.01. The highest BCUT2D eigenvalue weighted by molar-refractivity contribution is 5.57. The number of hydrogen-bond donors (Lipinski definition) is 1. The molecule has 0 radical (unpaired) electrons. The molecule has 0 saturated heterocycles. The van der Waals surface area contributed by atoms with Crippen LogP contribution < -0.4 is 0 Å². The van der Waals surface area contributed by atoms with Gasteiger partial charge >= 0.3 is 0 Å². The summed E-state index contributed by atoms with van der Waals surface area (Å²) in [5.74, 6) is 1.71. The Morgan fingerprint density at radius 2 is 2.26 bits per heavy atom. The lowest BCUT2D eigenvalue weighted by Crippen LogP contribution is -2.02. The van der Waals surface area contributed by atoms with Crippen LogP contribution in [0.25, 0.3) is 11.5 Å². The summed E-state index contributed by atoms with van der Waals surface area (Å²) in [6.45, 7) is 3.52. The van der Waals surface area contributed by atoms with Crippen LogP contribution in [0.3, 0.4) is 0 Å². The van der Waals surface area contributed by atoms with E-state index in [1.807, 2.05) is 4.68 Å². The van der Waals surface area contributed by atoms with E-state index in [4.69, 9.17) is 4.74 Å². The zero-order valence-corrected chi connectivity index (χ0v) is 11.4. The number of aromatic amines is 1. The van der Waals surface area contributed by atoms with Crippen molar-refractivity contribution >= 4 is 0 Å². The quantitative estimate of drug-likeness (QED) is 0.882. The lowest BCUT2D eigenvalue weighted by molar-refractivity contribution is 0.200. The molecule has 0 amide bonds. The SMILES string of the molecule is CCn1nc(CCOC)nc1-c1n[nH]c2c1CCC2. The van der Waals surface area contributed by atoms with Crippen molar-refractivity contribution in [1.29, 1.82) is 0 Å². The zero-order valence-electron chi connectivity index (χ0n) is 11.4. The second-order valence-electron chi connectivity index (χ2n) is 4.79.